The smallest absolute Gasteiger partial charge is 0.233 e. The van der Waals surface area contributed by atoms with Crippen LogP contribution < -0.4 is 30.8 Å². The van der Waals surface area contributed by atoms with Gasteiger partial charge in [0.1, 0.15) is 17.3 Å². The van der Waals surface area contributed by atoms with Crippen molar-refractivity contribution in [2.45, 2.75) is 12.5 Å². The molecule has 216 valence electrons. The van der Waals surface area contributed by atoms with Gasteiger partial charge in [0.25, 0.3) is 0 Å². The molecule has 5 aromatic rings. The van der Waals surface area contributed by atoms with Crippen molar-refractivity contribution in [2.75, 3.05) is 30.2 Å². The minimum absolute atomic E-state index is 0.0392. The number of methoxy groups -OCH3 is 2. The average Bonchev–Trinajstić information content (AvgIpc) is 3.52. The first kappa shape index (κ1) is 27.5. The van der Waals surface area contributed by atoms with Gasteiger partial charge in [-0.3, -0.25) is 0 Å². The fraction of sp³-hybridized carbons (Fsp3) is 0.125. The topological polar surface area (TPSA) is 118 Å². The summed E-state index contributed by atoms with van der Waals surface area (Å²) in [6, 6.07) is 29.2. The van der Waals surface area contributed by atoms with E-state index in [9.17, 15) is 4.39 Å². The number of nitrogens with zero attached hydrogens (tertiary/aromatic N) is 4. The Morgan fingerprint density at radius 1 is 0.698 bits per heavy atom. The van der Waals surface area contributed by atoms with Gasteiger partial charge < -0.3 is 30.8 Å². The predicted molar refractivity (Wildman–Crippen MR) is 166 cm³/mol. The van der Waals surface area contributed by atoms with Gasteiger partial charge in [-0.25, -0.2) is 4.39 Å². The highest BCUT2D eigenvalue weighted by Crippen LogP contribution is 2.34. The monoisotopic (exact) mass is 576 g/mol. The molecule has 0 fully saturated rings. The quantitative estimate of drug-likeness (QED) is 0.144. The standard InChI is InChI=1S/C32H29FN8O2/c1-42-25-15-16-29(43-2)26(18-25)28-19-27(40-41-28)20-11-13-23(14-12-20)35-31-37-30(34-22-8-4-3-5-9-22)38-32(39-31)36-24-10-6-7-21(33)17-24/h3-18,28,41H,19H2,1-2H3,(H3,34,35,36,37,38,39). The van der Waals surface area contributed by atoms with E-state index < -0.39 is 0 Å². The van der Waals surface area contributed by atoms with Crippen LogP contribution in [0.3, 0.4) is 0 Å². The molecule has 1 aliphatic heterocycles. The van der Waals surface area contributed by atoms with Crippen molar-refractivity contribution in [3.63, 3.8) is 0 Å². The van der Waals surface area contributed by atoms with E-state index in [4.69, 9.17) is 9.47 Å². The Balaban J connectivity index is 1.19. The average molecular weight is 577 g/mol. The van der Waals surface area contributed by atoms with Gasteiger partial charge in [-0.05, 0) is 66.2 Å². The van der Waals surface area contributed by atoms with Gasteiger partial charge >= 0.3 is 0 Å². The molecular weight excluding hydrogens is 547 g/mol. The minimum Gasteiger partial charge on any atom is -0.497 e. The zero-order chi connectivity index (χ0) is 29.6. The molecule has 1 unspecified atom stereocenters. The predicted octanol–water partition coefficient (Wildman–Crippen LogP) is 6.70. The van der Waals surface area contributed by atoms with Gasteiger partial charge in [-0.2, -0.15) is 20.1 Å². The SMILES string of the molecule is COc1ccc(OC)c(C2CC(c3ccc(Nc4nc(Nc5ccccc5)nc(Nc5cccc(F)c5)n4)cc3)=NN2)c1. The summed E-state index contributed by atoms with van der Waals surface area (Å²) in [6.07, 6.45) is 0.688. The molecule has 1 atom stereocenters. The Bertz CT molecular complexity index is 1750. The third kappa shape index (κ3) is 6.62. The van der Waals surface area contributed by atoms with Crippen LogP contribution in [0.2, 0.25) is 0 Å². The number of nitrogens with one attached hydrogen (secondary N) is 4. The summed E-state index contributed by atoms with van der Waals surface area (Å²) < 4.78 is 24.7. The highest BCUT2D eigenvalue weighted by molar-refractivity contribution is 6.02. The fourth-order valence-corrected chi connectivity index (χ4v) is 4.68. The maximum atomic E-state index is 13.8. The van der Waals surface area contributed by atoms with Crippen molar-refractivity contribution >= 4 is 40.6 Å². The van der Waals surface area contributed by atoms with Crippen LogP contribution in [0, 0.1) is 5.82 Å². The molecule has 0 amide bonds. The molecule has 11 heteroatoms. The normalized spacial score (nSPS) is 13.9. The number of aromatic nitrogens is 3. The summed E-state index contributed by atoms with van der Waals surface area (Å²) in [5.41, 5.74) is 8.23. The van der Waals surface area contributed by atoms with Gasteiger partial charge in [0.05, 0.1) is 26.0 Å². The van der Waals surface area contributed by atoms with E-state index in [1.807, 2.05) is 72.8 Å². The van der Waals surface area contributed by atoms with Gasteiger partial charge in [0, 0.05) is 29.0 Å². The molecule has 0 bridgehead atoms. The molecule has 0 saturated heterocycles. The van der Waals surface area contributed by atoms with Crippen LogP contribution in [0.5, 0.6) is 11.5 Å². The molecule has 10 nitrogen and oxygen atoms in total. The van der Waals surface area contributed by atoms with E-state index >= 15 is 0 Å². The highest BCUT2D eigenvalue weighted by atomic mass is 19.1. The molecule has 0 saturated carbocycles. The maximum absolute atomic E-state index is 13.8. The van der Waals surface area contributed by atoms with Crippen molar-refractivity contribution in [1.82, 2.24) is 20.4 Å². The van der Waals surface area contributed by atoms with E-state index in [1.54, 1.807) is 26.4 Å². The van der Waals surface area contributed by atoms with E-state index in [2.05, 4.69) is 41.4 Å². The molecule has 1 aromatic heterocycles. The maximum Gasteiger partial charge on any atom is 0.233 e. The van der Waals surface area contributed by atoms with Crippen molar-refractivity contribution in [2.24, 2.45) is 5.10 Å². The van der Waals surface area contributed by atoms with Gasteiger partial charge in [-0.1, -0.05) is 36.4 Å². The van der Waals surface area contributed by atoms with Crippen molar-refractivity contribution in [1.29, 1.82) is 0 Å². The Morgan fingerprint density at radius 3 is 2.00 bits per heavy atom. The molecule has 6 rings (SSSR count). The molecule has 0 spiro atoms. The molecule has 43 heavy (non-hydrogen) atoms. The molecule has 1 aliphatic rings. The second-order valence-electron chi connectivity index (χ2n) is 9.69. The summed E-state index contributed by atoms with van der Waals surface area (Å²) in [7, 11) is 3.30. The van der Waals surface area contributed by atoms with Crippen LogP contribution in [0.1, 0.15) is 23.6 Å². The first-order chi connectivity index (χ1) is 21.1. The zero-order valence-corrected chi connectivity index (χ0v) is 23.5. The molecule has 4 aromatic carbocycles. The number of anilines is 6. The number of hydrazone groups is 1. The van der Waals surface area contributed by atoms with Crippen LogP contribution in [0.25, 0.3) is 0 Å². The second-order valence-corrected chi connectivity index (χ2v) is 9.69. The molecule has 0 radical (unpaired) electrons. The van der Waals surface area contributed by atoms with Gasteiger partial charge in [0.15, 0.2) is 0 Å². The Labute approximate surface area is 248 Å². The number of hydrogen-bond donors (Lipinski definition) is 4. The lowest BCUT2D eigenvalue weighted by atomic mass is 9.98. The Hall–Kier alpha value is -5.71. The number of ether oxygens (including phenoxy) is 2. The number of benzene rings is 4. The second kappa shape index (κ2) is 12.4. The van der Waals surface area contributed by atoms with Gasteiger partial charge in [0.2, 0.25) is 17.8 Å². The Kier molecular flexibility index (Phi) is 7.94. The van der Waals surface area contributed by atoms with Crippen molar-refractivity contribution < 1.29 is 13.9 Å². The fourth-order valence-electron chi connectivity index (χ4n) is 4.68. The number of para-hydroxylation sites is 1. The van der Waals surface area contributed by atoms with E-state index in [0.29, 0.717) is 24.0 Å². The van der Waals surface area contributed by atoms with Crippen LogP contribution in [0.4, 0.5) is 39.3 Å². The summed E-state index contributed by atoms with van der Waals surface area (Å²) in [6.45, 7) is 0. The molecule has 4 N–H and O–H groups in total. The summed E-state index contributed by atoms with van der Waals surface area (Å²) >= 11 is 0. The van der Waals surface area contributed by atoms with Crippen LogP contribution in [-0.2, 0) is 0 Å². The van der Waals surface area contributed by atoms with E-state index in [-0.39, 0.29) is 17.8 Å². The number of halogens is 1. The largest absolute Gasteiger partial charge is 0.497 e. The van der Waals surface area contributed by atoms with Crippen LogP contribution >= 0.6 is 0 Å². The molecule has 2 heterocycles. The minimum atomic E-state index is -0.365. The molecular formula is C32H29FN8O2. The third-order valence-electron chi connectivity index (χ3n) is 6.79. The van der Waals surface area contributed by atoms with Crippen molar-refractivity contribution in [3.8, 4) is 11.5 Å². The van der Waals surface area contributed by atoms with Crippen molar-refractivity contribution in [3.05, 3.63) is 114 Å². The number of hydrogen-bond acceptors (Lipinski definition) is 10. The summed E-state index contributed by atoms with van der Waals surface area (Å²) in [5.74, 6) is 2.06. The van der Waals surface area contributed by atoms with E-state index in [1.165, 1.54) is 12.1 Å². The lowest BCUT2D eigenvalue weighted by molar-refractivity contribution is 0.392. The summed E-state index contributed by atoms with van der Waals surface area (Å²) in [5, 5.41) is 14.1. The highest BCUT2D eigenvalue weighted by Gasteiger charge is 2.24. The third-order valence-corrected chi connectivity index (χ3v) is 6.79. The van der Waals surface area contributed by atoms with Gasteiger partial charge in [-0.15, -0.1) is 0 Å². The Morgan fingerprint density at radius 2 is 1.35 bits per heavy atom. The molecule has 0 aliphatic carbocycles. The lowest BCUT2D eigenvalue weighted by Gasteiger charge is -2.16. The van der Waals surface area contributed by atoms with Crippen LogP contribution in [0.15, 0.2) is 102 Å². The lowest BCUT2D eigenvalue weighted by Crippen LogP contribution is -2.11. The number of rotatable bonds is 10. The zero-order valence-electron chi connectivity index (χ0n) is 23.5. The summed E-state index contributed by atoms with van der Waals surface area (Å²) in [4.78, 5) is 13.5. The van der Waals surface area contributed by atoms with Crippen LogP contribution in [-0.4, -0.2) is 34.9 Å². The first-order valence-electron chi connectivity index (χ1n) is 13.6. The van der Waals surface area contributed by atoms with E-state index in [0.717, 1.165) is 39.7 Å². The first-order valence-corrected chi connectivity index (χ1v) is 13.6.